The highest BCUT2D eigenvalue weighted by Crippen LogP contribution is 2.46. The molecule has 6 rings (SSSR count). The van der Waals surface area contributed by atoms with Gasteiger partial charge in [0, 0.05) is 42.3 Å². The van der Waals surface area contributed by atoms with Crippen LogP contribution in [-0.2, 0) is 11.3 Å². The third kappa shape index (κ3) is 6.28. The second-order valence-electron chi connectivity index (χ2n) is 14.0. The molecule has 8 heteroatoms. The Morgan fingerprint density at radius 1 is 1.00 bits per heavy atom. The Bertz CT molecular complexity index is 1070. The third-order valence-corrected chi connectivity index (χ3v) is 11.4. The van der Waals surface area contributed by atoms with E-state index in [-0.39, 0.29) is 41.0 Å². The van der Waals surface area contributed by atoms with Crippen molar-refractivity contribution in [3.63, 3.8) is 0 Å². The summed E-state index contributed by atoms with van der Waals surface area (Å²) in [5.74, 6) is 1.88. The van der Waals surface area contributed by atoms with Crippen molar-refractivity contribution >= 4 is 17.5 Å². The highest BCUT2D eigenvalue weighted by molar-refractivity contribution is 6.20. The van der Waals surface area contributed by atoms with Gasteiger partial charge in [-0.1, -0.05) is 6.92 Å². The molecule has 5 saturated carbocycles. The van der Waals surface area contributed by atoms with E-state index in [1.165, 1.54) is 0 Å². The topological polar surface area (TPSA) is 62.8 Å². The van der Waals surface area contributed by atoms with Crippen molar-refractivity contribution in [3.8, 4) is 0 Å². The summed E-state index contributed by atoms with van der Waals surface area (Å²) in [6.45, 7) is 2.76. The first-order valence-electron chi connectivity index (χ1n) is 15.8. The second-order valence-corrected chi connectivity index (χ2v) is 14.5. The molecular weight excluding hydrogens is 518 g/mol. The van der Waals surface area contributed by atoms with Gasteiger partial charge < -0.3 is 14.5 Å². The Balaban J connectivity index is 1.17. The van der Waals surface area contributed by atoms with Crippen LogP contribution in [0.2, 0.25) is 0 Å². The maximum atomic E-state index is 14.2. The van der Waals surface area contributed by atoms with Crippen LogP contribution in [0.15, 0.2) is 12.4 Å². The first-order valence-corrected chi connectivity index (χ1v) is 16.2. The van der Waals surface area contributed by atoms with Crippen LogP contribution in [0.25, 0.3) is 0 Å². The Labute approximate surface area is 237 Å². The molecule has 5 aliphatic carbocycles. The van der Waals surface area contributed by atoms with Crippen molar-refractivity contribution in [2.24, 2.45) is 41.4 Å². The Kier molecular flexibility index (Phi) is 8.18. The van der Waals surface area contributed by atoms with E-state index in [1.54, 1.807) is 0 Å². The van der Waals surface area contributed by atoms with Crippen molar-refractivity contribution in [1.82, 2.24) is 14.5 Å². The summed E-state index contributed by atoms with van der Waals surface area (Å²) >= 11 is 6.77. The van der Waals surface area contributed by atoms with E-state index in [2.05, 4.69) is 14.5 Å². The lowest BCUT2D eigenvalue weighted by Crippen LogP contribution is -2.48. The molecule has 0 aliphatic heterocycles. The normalized spacial score (nSPS) is 40.3. The van der Waals surface area contributed by atoms with E-state index in [4.69, 9.17) is 17.0 Å². The molecule has 9 unspecified atom stereocenters. The standard InChI is InChI=1S/C31H47ClF2N4O/c1-18-12-21(4-9-28(18)34)29(20-2-3-20)36-30(39)23-14-19(17-37-10-11-38(31(37)35)25-6-7-25)13-22(15-23)26-8-5-24(33)16-27(26)32/h10-11,18-29,35H,2-9,12-17H2,1H3,(H,36,39)/t18?,19?,21?,22?,23?,24?,26?,27?,28?,29-/m0/s1. The van der Waals surface area contributed by atoms with E-state index in [0.717, 1.165) is 70.8 Å². The minimum absolute atomic E-state index is 0.0654. The molecule has 10 atom stereocenters. The molecule has 1 amide bonds. The van der Waals surface area contributed by atoms with Gasteiger partial charge in [0.25, 0.3) is 0 Å². The molecule has 0 spiro atoms. The number of imidazole rings is 1. The molecule has 1 heterocycles. The quantitative estimate of drug-likeness (QED) is 0.345. The number of hydrogen-bond donors (Lipinski definition) is 2. The predicted octanol–water partition coefficient (Wildman–Crippen LogP) is 6.55. The Morgan fingerprint density at radius 2 is 1.77 bits per heavy atom. The number of nitrogens with zero attached hydrogens (tertiary/aromatic N) is 2. The summed E-state index contributed by atoms with van der Waals surface area (Å²) in [5, 5.41) is 12.0. The lowest BCUT2D eigenvalue weighted by atomic mass is 9.66. The highest BCUT2D eigenvalue weighted by atomic mass is 35.5. The van der Waals surface area contributed by atoms with Crippen molar-refractivity contribution in [2.45, 2.75) is 127 Å². The zero-order valence-corrected chi connectivity index (χ0v) is 24.2. The molecule has 1 aromatic rings. The molecule has 0 bridgehead atoms. The highest BCUT2D eigenvalue weighted by Gasteiger charge is 2.44. The third-order valence-electron chi connectivity index (χ3n) is 10.9. The van der Waals surface area contributed by atoms with Gasteiger partial charge >= 0.3 is 0 Å². The summed E-state index contributed by atoms with van der Waals surface area (Å²) in [6.07, 6.45) is 13.9. The van der Waals surface area contributed by atoms with Gasteiger partial charge in [-0.05, 0) is 119 Å². The monoisotopic (exact) mass is 564 g/mol. The zero-order chi connectivity index (χ0) is 27.3. The molecule has 218 valence electrons. The molecule has 5 nitrogen and oxygen atoms in total. The minimum atomic E-state index is -0.813. The molecule has 0 radical (unpaired) electrons. The fraction of sp³-hybridized carbons (Fsp3) is 0.871. The number of aromatic nitrogens is 2. The predicted molar refractivity (Wildman–Crippen MR) is 149 cm³/mol. The van der Waals surface area contributed by atoms with Crippen molar-refractivity contribution in [3.05, 3.63) is 18.0 Å². The number of alkyl halides is 3. The van der Waals surface area contributed by atoms with Crippen molar-refractivity contribution in [1.29, 1.82) is 5.41 Å². The van der Waals surface area contributed by atoms with E-state index in [1.807, 2.05) is 19.3 Å². The largest absolute Gasteiger partial charge is 0.353 e. The minimum Gasteiger partial charge on any atom is -0.353 e. The summed E-state index contributed by atoms with van der Waals surface area (Å²) in [6, 6.07) is 0.634. The number of rotatable bonds is 8. The average molecular weight is 565 g/mol. The van der Waals surface area contributed by atoms with Gasteiger partial charge in [-0.3, -0.25) is 10.2 Å². The number of carbonyl (C=O) groups excluding carboxylic acids is 1. The van der Waals surface area contributed by atoms with E-state index in [0.29, 0.717) is 48.7 Å². The van der Waals surface area contributed by atoms with E-state index in [9.17, 15) is 13.6 Å². The van der Waals surface area contributed by atoms with Gasteiger partial charge in [0.1, 0.15) is 12.3 Å². The number of halogens is 3. The lowest BCUT2D eigenvalue weighted by Gasteiger charge is -2.43. The Morgan fingerprint density at radius 3 is 2.46 bits per heavy atom. The fourth-order valence-corrected chi connectivity index (χ4v) is 8.94. The Hall–Kier alpha value is -1.37. The first kappa shape index (κ1) is 27.8. The smallest absolute Gasteiger partial charge is 0.223 e. The molecule has 5 aliphatic rings. The summed E-state index contributed by atoms with van der Waals surface area (Å²) in [5.41, 5.74) is 0.556. The first-order chi connectivity index (χ1) is 18.8. The summed E-state index contributed by atoms with van der Waals surface area (Å²) < 4.78 is 32.5. The van der Waals surface area contributed by atoms with Crippen LogP contribution < -0.4 is 10.9 Å². The van der Waals surface area contributed by atoms with Crippen LogP contribution >= 0.6 is 11.6 Å². The van der Waals surface area contributed by atoms with Gasteiger partial charge in [0.2, 0.25) is 11.5 Å². The molecule has 0 aromatic carbocycles. The maximum absolute atomic E-state index is 14.2. The van der Waals surface area contributed by atoms with Crippen LogP contribution in [0.5, 0.6) is 0 Å². The molecule has 2 N–H and O–H groups in total. The van der Waals surface area contributed by atoms with Crippen LogP contribution in [0.4, 0.5) is 8.78 Å². The van der Waals surface area contributed by atoms with Crippen molar-refractivity contribution < 1.29 is 13.6 Å². The summed E-state index contributed by atoms with van der Waals surface area (Å²) in [4.78, 5) is 13.9. The van der Waals surface area contributed by atoms with Gasteiger partial charge in [0.05, 0.1) is 0 Å². The molecule has 5 fully saturated rings. The molecule has 1 aromatic heterocycles. The van der Waals surface area contributed by atoms with Crippen LogP contribution in [0, 0.1) is 46.8 Å². The molecule has 39 heavy (non-hydrogen) atoms. The van der Waals surface area contributed by atoms with Gasteiger partial charge in [-0.15, -0.1) is 11.6 Å². The second kappa shape index (κ2) is 11.5. The number of hydrogen-bond acceptors (Lipinski definition) is 2. The van der Waals surface area contributed by atoms with Crippen LogP contribution in [0.1, 0.15) is 96.4 Å². The number of amides is 1. The van der Waals surface area contributed by atoms with Crippen LogP contribution in [-0.4, -0.2) is 38.8 Å². The maximum Gasteiger partial charge on any atom is 0.223 e. The van der Waals surface area contributed by atoms with Crippen molar-refractivity contribution in [2.75, 3.05) is 0 Å². The van der Waals surface area contributed by atoms with E-state index >= 15 is 0 Å². The number of carbonyl (C=O) groups is 1. The van der Waals surface area contributed by atoms with Crippen LogP contribution in [0.3, 0.4) is 0 Å². The zero-order valence-electron chi connectivity index (χ0n) is 23.4. The fourth-order valence-electron chi connectivity index (χ4n) is 8.42. The molecular formula is C31H47ClF2N4O. The SMILES string of the molecule is CC1CC([C@@H](NC(=O)C2CC(Cn3ccn(C4CC4)c3=N)CC(C3CCC(F)CC3Cl)C2)C2CC2)CCC1F. The lowest BCUT2D eigenvalue weighted by molar-refractivity contribution is -0.129. The average Bonchev–Trinajstić information content (AvgIpc) is 3.84. The summed E-state index contributed by atoms with van der Waals surface area (Å²) in [7, 11) is 0. The number of nitrogens with one attached hydrogen (secondary N) is 2. The van der Waals surface area contributed by atoms with Gasteiger partial charge in [-0.25, -0.2) is 8.78 Å². The van der Waals surface area contributed by atoms with E-state index < -0.39 is 12.3 Å². The van der Waals surface area contributed by atoms with Gasteiger partial charge in [0.15, 0.2) is 0 Å². The molecule has 0 saturated heterocycles. The van der Waals surface area contributed by atoms with Gasteiger partial charge in [-0.2, -0.15) is 0 Å².